The standard InChI is InChI=1S/C31H45NO/c1-7-20-32-30(2,3)21-28(22-31(32,4)5)27-14-12-24(13-15-27)23-8-10-25(11-9-23)26-16-18-29(33-6)19-17-26/h8-15,26,28-29H,7,16-22H2,1-6H3. The summed E-state index contributed by atoms with van der Waals surface area (Å²) in [5.74, 6) is 1.32. The third-order valence-corrected chi connectivity index (χ3v) is 8.51. The second kappa shape index (κ2) is 9.92. The van der Waals surface area contributed by atoms with Gasteiger partial charge in [-0.2, -0.15) is 0 Å². The quantitative estimate of drug-likeness (QED) is 0.443. The van der Waals surface area contributed by atoms with Gasteiger partial charge in [-0.25, -0.2) is 0 Å². The fraction of sp³-hybridized carbons (Fsp3) is 0.613. The molecule has 0 N–H and O–H groups in total. The summed E-state index contributed by atoms with van der Waals surface area (Å²) in [6.07, 6.45) is 9.02. The normalized spacial score (nSPS) is 25.8. The first kappa shape index (κ1) is 24.5. The second-order valence-electron chi connectivity index (χ2n) is 11.8. The minimum Gasteiger partial charge on any atom is -0.381 e. The first-order valence-electron chi connectivity index (χ1n) is 13.2. The van der Waals surface area contributed by atoms with Crippen LogP contribution >= 0.6 is 0 Å². The van der Waals surface area contributed by atoms with Gasteiger partial charge in [-0.15, -0.1) is 0 Å². The van der Waals surface area contributed by atoms with Crippen molar-refractivity contribution >= 4 is 0 Å². The summed E-state index contributed by atoms with van der Waals surface area (Å²) in [7, 11) is 1.85. The molecule has 1 saturated heterocycles. The molecule has 0 aromatic heterocycles. The van der Waals surface area contributed by atoms with E-state index in [0.717, 1.165) is 0 Å². The minimum absolute atomic E-state index is 0.235. The van der Waals surface area contributed by atoms with Crippen molar-refractivity contribution in [1.29, 1.82) is 0 Å². The van der Waals surface area contributed by atoms with Crippen LogP contribution in [0.4, 0.5) is 0 Å². The fourth-order valence-corrected chi connectivity index (χ4v) is 6.91. The Morgan fingerprint density at radius 2 is 1.18 bits per heavy atom. The van der Waals surface area contributed by atoms with E-state index >= 15 is 0 Å². The van der Waals surface area contributed by atoms with Gasteiger partial charge >= 0.3 is 0 Å². The van der Waals surface area contributed by atoms with Crippen molar-refractivity contribution in [2.45, 2.75) is 109 Å². The van der Waals surface area contributed by atoms with Gasteiger partial charge < -0.3 is 4.74 Å². The predicted molar refractivity (Wildman–Crippen MR) is 141 cm³/mol. The molecule has 0 amide bonds. The molecule has 2 aromatic rings. The summed E-state index contributed by atoms with van der Waals surface area (Å²) >= 11 is 0. The highest BCUT2D eigenvalue weighted by atomic mass is 16.5. The SMILES string of the molecule is CCCN1C(C)(C)CC(c2ccc(-c3ccc(C4CCC(OC)CC4)cc3)cc2)CC1(C)C. The first-order chi connectivity index (χ1) is 15.7. The zero-order chi connectivity index (χ0) is 23.6. The molecule has 4 rings (SSSR count). The smallest absolute Gasteiger partial charge is 0.0571 e. The van der Waals surface area contributed by atoms with Crippen molar-refractivity contribution in [2.75, 3.05) is 13.7 Å². The molecule has 2 aliphatic rings. The van der Waals surface area contributed by atoms with Crippen molar-refractivity contribution in [3.05, 3.63) is 59.7 Å². The molecule has 0 spiro atoms. The molecule has 1 aliphatic heterocycles. The van der Waals surface area contributed by atoms with E-state index in [1.807, 2.05) is 7.11 Å². The molecule has 2 nitrogen and oxygen atoms in total. The minimum atomic E-state index is 0.235. The highest BCUT2D eigenvalue weighted by molar-refractivity contribution is 5.64. The zero-order valence-corrected chi connectivity index (χ0v) is 21.9. The number of likely N-dealkylation sites (tertiary alicyclic amines) is 1. The molecule has 2 heteroatoms. The lowest BCUT2D eigenvalue weighted by Gasteiger charge is -2.55. The van der Waals surface area contributed by atoms with Gasteiger partial charge in [0.25, 0.3) is 0 Å². The molecule has 33 heavy (non-hydrogen) atoms. The van der Waals surface area contributed by atoms with Crippen molar-refractivity contribution in [1.82, 2.24) is 4.90 Å². The maximum atomic E-state index is 5.54. The molecule has 2 fully saturated rings. The average molecular weight is 448 g/mol. The van der Waals surface area contributed by atoms with E-state index in [1.54, 1.807) is 0 Å². The third kappa shape index (κ3) is 5.38. The molecule has 1 saturated carbocycles. The van der Waals surface area contributed by atoms with Gasteiger partial charge in [0.15, 0.2) is 0 Å². The van der Waals surface area contributed by atoms with E-state index in [2.05, 4.69) is 88.0 Å². The Kier molecular flexibility index (Phi) is 7.36. The lowest BCUT2D eigenvalue weighted by molar-refractivity contribution is -0.0358. The Hall–Kier alpha value is -1.64. The monoisotopic (exact) mass is 447 g/mol. The van der Waals surface area contributed by atoms with Crippen molar-refractivity contribution in [3.8, 4) is 11.1 Å². The number of hydrogen-bond acceptors (Lipinski definition) is 2. The van der Waals surface area contributed by atoms with Crippen LogP contribution in [-0.2, 0) is 4.74 Å². The van der Waals surface area contributed by atoms with E-state index in [4.69, 9.17) is 4.74 Å². The molecule has 1 heterocycles. The van der Waals surface area contributed by atoms with E-state index in [0.29, 0.717) is 17.9 Å². The Bertz CT molecular complexity index is 870. The molecule has 0 radical (unpaired) electrons. The number of rotatable bonds is 6. The number of ether oxygens (including phenoxy) is 1. The van der Waals surface area contributed by atoms with Gasteiger partial charge in [0, 0.05) is 18.2 Å². The molecule has 1 aliphatic carbocycles. The van der Waals surface area contributed by atoms with Crippen LogP contribution in [0, 0.1) is 0 Å². The highest BCUT2D eigenvalue weighted by Gasteiger charge is 2.44. The Labute approximate surface area is 202 Å². The van der Waals surface area contributed by atoms with Gasteiger partial charge in [0.05, 0.1) is 6.10 Å². The number of piperidine rings is 1. The summed E-state index contributed by atoms with van der Waals surface area (Å²) in [5.41, 5.74) is 6.12. The maximum Gasteiger partial charge on any atom is 0.0571 e. The summed E-state index contributed by atoms with van der Waals surface area (Å²) in [4.78, 5) is 2.74. The largest absolute Gasteiger partial charge is 0.381 e. The van der Waals surface area contributed by atoms with Crippen LogP contribution in [0.15, 0.2) is 48.5 Å². The van der Waals surface area contributed by atoms with Crippen LogP contribution in [0.1, 0.15) is 103 Å². The molecule has 0 bridgehead atoms. The number of nitrogens with zero attached hydrogens (tertiary/aromatic N) is 1. The average Bonchev–Trinajstić information content (AvgIpc) is 2.81. The molecular weight excluding hydrogens is 402 g/mol. The number of hydrogen-bond donors (Lipinski definition) is 0. The Morgan fingerprint density at radius 1 is 0.727 bits per heavy atom. The van der Waals surface area contributed by atoms with Gasteiger partial charge in [-0.3, -0.25) is 4.90 Å². The lowest BCUT2D eigenvalue weighted by atomic mass is 9.71. The van der Waals surface area contributed by atoms with Crippen LogP contribution in [0.2, 0.25) is 0 Å². The van der Waals surface area contributed by atoms with E-state index in [9.17, 15) is 0 Å². The van der Waals surface area contributed by atoms with Crippen LogP contribution in [0.25, 0.3) is 11.1 Å². The first-order valence-corrected chi connectivity index (χ1v) is 13.2. The zero-order valence-electron chi connectivity index (χ0n) is 21.9. The summed E-state index contributed by atoms with van der Waals surface area (Å²) in [6, 6.07) is 18.8. The van der Waals surface area contributed by atoms with Gasteiger partial charge in [-0.05, 0) is 113 Å². The van der Waals surface area contributed by atoms with E-state index in [1.165, 1.54) is 73.7 Å². The fourth-order valence-electron chi connectivity index (χ4n) is 6.91. The summed E-state index contributed by atoms with van der Waals surface area (Å²) < 4.78 is 5.54. The van der Waals surface area contributed by atoms with Crippen LogP contribution in [0.5, 0.6) is 0 Å². The topological polar surface area (TPSA) is 12.5 Å². The van der Waals surface area contributed by atoms with Crippen molar-refractivity contribution < 1.29 is 4.74 Å². The Morgan fingerprint density at radius 3 is 1.61 bits per heavy atom. The van der Waals surface area contributed by atoms with Gasteiger partial charge in [0.2, 0.25) is 0 Å². The van der Waals surface area contributed by atoms with Crippen molar-refractivity contribution in [2.24, 2.45) is 0 Å². The van der Waals surface area contributed by atoms with Crippen LogP contribution in [-0.4, -0.2) is 35.7 Å². The molecule has 2 aromatic carbocycles. The predicted octanol–water partition coefficient (Wildman–Crippen LogP) is 8.17. The summed E-state index contributed by atoms with van der Waals surface area (Å²) in [5, 5.41) is 0. The summed E-state index contributed by atoms with van der Waals surface area (Å²) in [6.45, 7) is 13.2. The van der Waals surface area contributed by atoms with Crippen molar-refractivity contribution in [3.63, 3.8) is 0 Å². The van der Waals surface area contributed by atoms with Crippen LogP contribution < -0.4 is 0 Å². The number of methoxy groups -OCH3 is 1. The highest BCUT2D eigenvalue weighted by Crippen LogP contribution is 2.46. The third-order valence-electron chi connectivity index (χ3n) is 8.51. The number of benzene rings is 2. The Balaban J connectivity index is 1.44. The van der Waals surface area contributed by atoms with Gasteiger partial charge in [-0.1, -0.05) is 55.5 Å². The molecule has 180 valence electrons. The molecule has 0 atom stereocenters. The van der Waals surface area contributed by atoms with E-state index < -0.39 is 0 Å². The maximum absolute atomic E-state index is 5.54. The van der Waals surface area contributed by atoms with Crippen LogP contribution in [0.3, 0.4) is 0 Å². The molecule has 0 unspecified atom stereocenters. The van der Waals surface area contributed by atoms with Gasteiger partial charge in [0.1, 0.15) is 0 Å². The lowest BCUT2D eigenvalue weighted by Crippen LogP contribution is -2.60. The molecular formula is C31H45NO. The second-order valence-corrected chi connectivity index (χ2v) is 11.8. The van der Waals surface area contributed by atoms with E-state index in [-0.39, 0.29) is 11.1 Å².